The van der Waals surface area contributed by atoms with Gasteiger partial charge >= 0.3 is 0 Å². The highest BCUT2D eigenvalue weighted by Crippen LogP contribution is 2.29. The van der Waals surface area contributed by atoms with E-state index in [1.54, 1.807) is 0 Å². The van der Waals surface area contributed by atoms with Crippen LogP contribution in [0, 0.1) is 6.92 Å². The van der Waals surface area contributed by atoms with Crippen molar-refractivity contribution in [3.05, 3.63) is 65.3 Å². The van der Waals surface area contributed by atoms with Crippen LogP contribution in [0.3, 0.4) is 0 Å². The van der Waals surface area contributed by atoms with Crippen molar-refractivity contribution >= 4 is 27.5 Å². The Kier molecular flexibility index (Phi) is 4.11. The number of halogens is 1. The van der Waals surface area contributed by atoms with Gasteiger partial charge in [-0.15, -0.1) is 0 Å². The van der Waals surface area contributed by atoms with E-state index in [2.05, 4.69) is 9.88 Å². The van der Waals surface area contributed by atoms with E-state index >= 15 is 0 Å². The summed E-state index contributed by atoms with van der Waals surface area (Å²) in [5, 5.41) is 4.15. The highest BCUT2D eigenvalue weighted by atomic mass is 35.5. The van der Waals surface area contributed by atoms with Crippen LogP contribution >= 0.6 is 11.6 Å². The Bertz CT molecular complexity index is 917. The van der Waals surface area contributed by atoms with E-state index in [0.29, 0.717) is 10.6 Å². The Morgan fingerprint density at radius 2 is 1.70 bits per heavy atom. The Hall–Kier alpha value is -2.31. The summed E-state index contributed by atoms with van der Waals surface area (Å²) in [7, 11) is -3.78. The van der Waals surface area contributed by atoms with Gasteiger partial charge in [0.05, 0.1) is 16.7 Å². The van der Waals surface area contributed by atoms with Crippen molar-refractivity contribution < 1.29 is 12.9 Å². The third-order valence-corrected chi connectivity index (χ3v) is 4.88. The molecule has 0 radical (unpaired) electrons. The van der Waals surface area contributed by atoms with Gasteiger partial charge in [-0.3, -0.25) is 0 Å². The molecule has 5 nitrogen and oxygen atoms in total. The number of benzene rings is 2. The molecule has 0 aliphatic rings. The summed E-state index contributed by atoms with van der Waals surface area (Å²) in [4.78, 5) is 0.0909. The lowest BCUT2D eigenvalue weighted by atomic mass is 10.1. The van der Waals surface area contributed by atoms with Crippen LogP contribution in [0.4, 0.5) is 5.88 Å². The van der Waals surface area contributed by atoms with Crippen LogP contribution in [0.5, 0.6) is 0 Å². The molecule has 118 valence electrons. The molecule has 0 aliphatic heterocycles. The largest absolute Gasteiger partial charge is 0.337 e. The summed E-state index contributed by atoms with van der Waals surface area (Å²) in [6.45, 7) is 1.97. The highest BCUT2D eigenvalue weighted by molar-refractivity contribution is 7.92. The zero-order valence-electron chi connectivity index (χ0n) is 12.2. The Morgan fingerprint density at radius 1 is 1.04 bits per heavy atom. The molecule has 1 heterocycles. The van der Waals surface area contributed by atoms with Gasteiger partial charge in [-0.1, -0.05) is 46.6 Å². The van der Waals surface area contributed by atoms with Gasteiger partial charge in [0.2, 0.25) is 5.88 Å². The summed E-state index contributed by atoms with van der Waals surface area (Å²) in [5.41, 5.74) is 2.49. The number of nitrogens with zero attached hydrogens (tertiary/aromatic N) is 1. The first kappa shape index (κ1) is 15.6. The number of aryl methyl sites for hydroxylation is 1. The Morgan fingerprint density at radius 3 is 2.35 bits per heavy atom. The zero-order valence-corrected chi connectivity index (χ0v) is 13.7. The number of rotatable bonds is 4. The second kappa shape index (κ2) is 6.06. The van der Waals surface area contributed by atoms with Gasteiger partial charge in [0, 0.05) is 5.02 Å². The molecule has 3 rings (SSSR count). The third kappa shape index (κ3) is 3.38. The fourth-order valence-electron chi connectivity index (χ4n) is 2.05. The van der Waals surface area contributed by atoms with Gasteiger partial charge in [-0.25, -0.2) is 13.1 Å². The minimum atomic E-state index is -3.78. The summed E-state index contributed by atoms with van der Waals surface area (Å²) >= 11 is 5.78. The van der Waals surface area contributed by atoms with Crippen molar-refractivity contribution in [1.29, 1.82) is 0 Å². The third-order valence-electron chi connectivity index (χ3n) is 3.28. The predicted molar refractivity (Wildman–Crippen MR) is 88.9 cm³/mol. The predicted octanol–water partition coefficient (Wildman–Crippen LogP) is 4.10. The molecule has 0 unspecified atom stereocenters. The van der Waals surface area contributed by atoms with Gasteiger partial charge in [0.15, 0.2) is 0 Å². The number of sulfonamides is 1. The quantitative estimate of drug-likeness (QED) is 0.770. The SMILES string of the molecule is Cc1ccc(-c2cnoc2NS(=O)(=O)c2ccc(Cl)cc2)cc1. The number of hydrogen-bond donors (Lipinski definition) is 1. The lowest BCUT2D eigenvalue weighted by Gasteiger charge is -2.07. The summed E-state index contributed by atoms with van der Waals surface area (Å²) < 4.78 is 32.3. The first-order valence-electron chi connectivity index (χ1n) is 6.76. The normalized spacial score (nSPS) is 11.4. The molecule has 0 spiro atoms. The minimum Gasteiger partial charge on any atom is -0.337 e. The smallest absolute Gasteiger partial charge is 0.264 e. The summed E-state index contributed by atoms with van der Waals surface area (Å²) in [6.07, 6.45) is 1.48. The maximum Gasteiger partial charge on any atom is 0.264 e. The van der Waals surface area contributed by atoms with E-state index in [-0.39, 0.29) is 10.8 Å². The van der Waals surface area contributed by atoms with Crippen LogP contribution in [0.1, 0.15) is 5.56 Å². The van der Waals surface area contributed by atoms with E-state index in [9.17, 15) is 8.42 Å². The minimum absolute atomic E-state index is 0.0730. The lowest BCUT2D eigenvalue weighted by Crippen LogP contribution is -2.12. The standard InChI is InChI=1S/C16H13ClN2O3S/c1-11-2-4-12(5-3-11)15-10-18-22-16(15)19-23(20,21)14-8-6-13(17)7-9-14/h2-10,19H,1H3. The fraction of sp³-hybridized carbons (Fsp3) is 0.0625. The van der Waals surface area contributed by atoms with E-state index in [1.807, 2.05) is 31.2 Å². The van der Waals surface area contributed by atoms with Crippen LogP contribution < -0.4 is 4.72 Å². The second-order valence-electron chi connectivity index (χ2n) is 4.99. The molecule has 1 aromatic heterocycles. The fourth-order valence-corrected chi connectivity index (χ4v) is 3.18. The van der Waals surface area contributed by atoms with Gasteiger partial charge in [-0.2, -0.15) is 0 Å². The van der Waals surface area contributed by atoms with Gasteiger partial charge in [0.25, 0.3) is 10.0 Å². The van der Waals surface area contributed by atoms with Crippen LogP contribution in [0.25, 0.3) is 11.1 Å². The van der Waals surface area contributed by atoms with Crippen molar-refractivity contribution in [2.75, 3.05) is 4.72 Å². The van der Waals surface area contributed by atoms with Crippen molar-refractivity contribution in [3.63, 3.8) is 0 Å². The molecular formula is C16H13ClN2O3S. The summed E-state index contributed by atoms with van der Waals surface area (Å²) in [5.74, 6) is 0.0730. The van der Waals surface area contributed by atoms with Crippen LogP contribution in [0.2, 0.25) is 5.02 Å². The molecule has 3 aromatic rings. The van der Waals surface area contributed by atoms with Gasteiger partial charge < -0.3 is 4.52 Å². The molecule has 0 saturated carbocycles. The van der Waals surface area contributed by atoms with E-state index < -0.39 is 10.0 Å². The number of nitrogens with one attached hydrogen (secondary N) is 1. The van der Waals surface area contributed by atoms with E-state index in [1.165, 1.54) is 30.5 Å². The average Bonchev–Trinajstić information content (AvgIpc) is 2.96. The Balaban J connectivity index is 1.93. The van der Waals surface area contributed by atoms with E-state index in [4.69, 9.17) is 16.1 Å². The second-order valence-corrected chi connectivity index (χ2v) is 7.11. The van der Waals surface area contributed by atoms with Crippen LogP contribution in [-0.2, 0) is 10.0 Å². The molecule has 0 atom stereocenters. The average molecular weight is 349 g/mol. The van der Waals surface area contributed by atoms with Gasteiger partial charge in [-0.05, 0) is 36.8 Å². The molecule has 0 amide bonds. The molecule has 23 heavy (non-hydrogen) atoms. The van der Waals surface area contributed by atoms with E-state index in [0.717, 1.165) is 11.1 Å². The van der Waals surface area contributed by atoms with Crippen molar-refractivity contribution in [2.24, 2.45) is 0 Å². The Labute approximate surface area is 138 Å². The number of hydrogen-bond acceptors (Lipinski definition) is 4. The highest BCUT2D eigenvalue weighted by Gasteiger charge is 2.19. The van der Waals surface area contributed by atoms with Crippen molar-refractivity contribution in [1.82, 2.24) is 5.16 Å². The number of anilines is 1. The monoisotopic (exact) mass is 348 g/mol. The van der Waals surface area contributed by atoms with Crippen LogP contribution in [0.15, 0.2) is 64.1 Å². The molecule has 0 saturated heterocycles. The molecule has 0 aliphatic carbocycles. The molecule has 7 heteroatoms. The maximum atomic E-state index is 12.4. The summed E-state index contributed by atoms with van der Waals surface area (Å²) in [6, 6.07) is 13.5. The molecule has 2 aromatic carbocycles. The van der Waals surface area contributed by atoms with Crippen molar-refractivity contribution in [3.8, 4) is 11.1 Å². The molecule has 0 fully saturated rings. The molecule has 1 N–H and O–H groups in total. The maximum absolute atomic E-state index is 12.4. The number of aromatic nitrogens is 1. The molecular weight excluding hydrogens is 336 g/mol. The van der Waals surface area contributed by atoms with Crippen LogP contribution in [-0.4, -0.2) is 13.6 Å². The first-order valence-corrected chi connectivity index (χ1v) is 8.62. The lowest BCUT2D eigenvalue weighted by molar-refractivity contribution is 0.435. The van der Waals surface area contributed by atoms with Crippen molar-refractivity contribution in [2.45, 2.75) is 11.8 Å². The zero-order chi connectivity index (χ0) is 16.4. The topological polar surface area (TPSA) is 72.2 Å². The van der Waals surface area contributed by atoms with Gasteiger partial charge in [0.1, 0.15) is 0 Å². The first-order chi connectivity index (χ1) is 11.0. The molecule has 0 bridgehead atoms.